The number of rotatable bonds is 11. The van der Waals surface area contributed by atoms with Gasteiger partial charge in [0.05, 0.1) is 24.2 Å². The van der Waals surface area contributed by atoms with Crippen LogP contribution in [0.25, 0.3) is 11.0 Å². The third kappa shape index (κ3) is 5.87. The summed E-state index contributed by atoms with van der Waals surface area (Å²) >= 11 is 0. The lowest BCUT2D eigenvalue weighted by atomic mass is 10.1. The number of hydrogen-bond acceptors (Lipinski definition) is 3. The summed E-state index contributed by atoms with van der Waals surface area (Å²) in [6.45, 7) is 11.2. The van der Waals surface area contributed by atoms with E-state index in [9.17, 15) is 4.79 Å². The summed E-state index contributed by atoms with van der Waals surface area (Å²) in [6.07, 6.45) is 3.15. The Kier molecular flexibility index (Phi) is 8.10. The van der Waals surface area contributed by atoms with Crippen molar-refractivity contribution in [3.8, 4) is 5.75 Å². The molecule has 5 heteroatoms. The van der Waals surface area contributed by atoms with E-state index in [4.69, 9.17) is 9.72 Å². The molecule has 2 aromatic carbocycles. The number of para-hydroxylation sites is 2. The molecule has 166 valence electrons. The first-order chi connectivity index (χ1) is 15.0. The lowest BCUT2D eigenvalue weighted by Gasteiger charge is -2.24. The molecule has 5 nitrogen and oxygen atoms in total. The topological polar surface area (TPSA) is 47.4 Å². The molecule has 0 N–H and O–H groups in total. The van der Waals surface area contributed by atoms with Gasteiger partial charge in [0.25, 0.3) is 5.91 Å². The molecule has 0 atom stereocenters. The molecular formula is C26H35N3O2. The normalized spacial score (nSPS) is 11.3. The van der Waals surface area contributed by atoms with Gasteiger partial charge in [0, 0.05) is 18.7 Å². The Morgan fingerprint density at radius 2 is 1.94 bits per heavy atom. The third-order valence-corrected chi connectivity index (χ3v) is 5.46. The van der Waals surface area contributed by atoms with Gasteiger partial charge in [-0.3, -0.25) is 4.79 Å². The van der Waals surface area contributed by atoms with Crippen LogP contribution in [-0.2, 0) is 13.1 Å². The highest BCUT2D eigenvalue weighted by atomic mass is 16.5. The molecule has 0 spiro atoms. The third-order valence-electron chi connectivity index (χ3n) is 5.46. The minimum absolute atomic E-state index is 0.0244. The van der Waals surface area contributed by atoms with Crippen LogP contribution in [0.2, 0.25) is 0 Å². The van der Waals surface area contributed by atoms with Gasteiger partial charge in [-0.05, 0) is 56.0 Å². The molecule has 0 saturated carbocycles. The molecule has 0 aliphatic rings. The lowest BCUT2D eigenvalue weighted by Crippen LogP contribution is -2.33. The maximum Gasteiger partial charge on any atom is 0.254 e. The number of imidazole rings is 1. The molecule has 0 unspecified atom stereocenters. The Bertz CT molecular complexity index is 993. The van der Waals surface area contributed by atoms with E-state index in [0.717, 1.165) is 48.4 Å². The van der Waals surface area contributed by atoms with Crippen molar-refractivity contribution >= 4 is 16.9 Å². The number of hydrogen-bond donors (Lipinski definition) is 0. The lowest BCUT2D eigenvalue weighted by molar-refractivity contribution is 0.0729. The molecule has 0 saturated heterocycles. The van der Waals surface area contributed by atoms with Crippen LogP contribution in [0.1, 0.15) is 63.1 Å². The number of carbonyl (C=O) groups is 1. The Morgan fingerprint density at radius 3 is 2.68 bits per heavy atom. The van der Waals surface area contributed by atoms with Crippen LogP contribution in [0.3, 0.4) is 0 Å². The zero-order valence-corrected chi connectivity index (χ0v) is 19.3. The summed E-state index contributed by atoms with van der Waals surface area (Å²) < 4.78 is 7.89. The smallest absolute Gasteiger partial charge is 0.254 e. The number of nitrogens with zero attached hydrogens (tertiary/aromatic N) is 3. The van der Waals surface area contributed by atoms with E-state index in [1.54, 1.807) is 0 Å². The van der Waals surface area contributed by atoms with Crippen LogP contribution in [0.5, 0.6) is 5.75 Å². The molecule has 0 aliphatic heterocycles. The summed E-state index contributed by atoms with van der Waals surface area (Å²) in [5, 5.41) is 0. The monoisotopic (exact) mass is 421 g/mol. The summed E-state index contributed by atoms with van der Waals surface area (Å²) in [7, 11) is 0. The van der Waals surface area contributed by atoms with Gasteiger partial charge in [-0.1, -0.05) is 45.4 Å². The fourth-order valence-corrected chi connectivity index (χ4v) is 3.72. The average molecular weight is 422 g/mol. The van der Waals surface area contributed by atoms with E-state index >= 15 is 0 Å². The van der Waals surface area contributed by atoms with E-state index in [1.165, 1.54) is 0 Å². The molecular weight excluding hydrogens is 386 g/mol. The van der Waals surface area contributed by atoms with Crippen molar-refractivity contribution < 1.29 is 9.53 Å². The number of benzene rings is 2. The SMILES string of the molecule is CCCCn1c(CN(CCC(C)C)C(=O)c2cccc(OCC)c2)nc2ccccc21. The molecule has 0 radical (unpaired) electrons. The summed E-state index contributed by atoms with van der Waals surface area (Å²) in [5.41, 5.74) is 2.79. The van der Waals surface area contributed by atoms with Gasteiger partial charge in [-0.15, -0.1) is 0 Å². The van der Waals surface area contributed by atoms with E-state index in [-0.39, 0.29) is 5.91 Å². The number of amides is 1. The first-order valence-corrected chi connectivity index (χ1v) is 11.5. The highest BCUT2D eigenvalue weighted by Crippen LogP contribution is 2.21. The number of carbonyl (C=O) groups excluding carboxylic acids is 1. The molecule has 3 aromatic rings. The second-order valence-corrected chi connectivity index (χ2v) is 8.39. The summed E-state index contributed by atoms with van der Waals surface area (Å²) in [5.74, 6) is 2.22. The van der Waals surface area contributed by atoms with Crippen molar-refractivity contribution in [2.45, 2.75) is 60.0 Å². The van der Waals surface area contributed by atoms with Crippen molar-refractivity contribution in [2.24, 2.45) is 5.92 Å². The van der Waals surface area contributed by atoms with Gasteiger partial charge in [0.2, 0.25) is 0 Å². The molecule has 31 heavy (non-hydrogen) atoms. The Morgan fingerprint density at radius 1 is 1.13 bits per heavy atom. The largest absolute Gasteiger partial charge is 0.494 e. The van der Waals surface area contributed by atoms with Crippen molar-refractivity contribution in [1.82, 2.24) is 14.5 Å². The number of aryl methyl sites for hydroxylation is 1. The molecule has 1 heterocycles. The number of ether oxygens (including phenoxy) is 1. The Balaban J connectivity index is 1.92. The maximum absolute atomic E-state index is 13.5. The van der Waals surface area contributed by atoms with Crippen LogP contribution in [0, 0.1) is 5.92 Å². The highest BCUT2D eigenvalue weighted by molar-refractivity contribution is 5.94. The Labute approximate surface area is 186 Å². The molecule has 0 aliphatic carbocycles. The highest BCUT2D eigenvalue weighted by Gasteiger charge is 2.20. The van der Waals surface area contributed by atoms with Gasteiger partial charge in [-0.25, -0.2) is 4.98 Å². The van der Waals surface area contributed by atoms with Gasteiger partial charge in [0.1, 0.15) is 11.6 Å². The van der Waals surface area contributed by atoms with Crippen LogP contribution in [-0.4, -0.2) is 33.5 Å². The molecule has 1 aromatic heterocycles. The van der Waals surface area contributed by atoms with Gasteiger partial charge < -0.3 is 14.2 Å². The molecule has 3 rings (SSSR count). The average Bonchev–Trinajstić information content (AvgIpc) is 3.12. The number of aromatic nitrogens is 2. The predicted octanol–water partition coefficient (Wildman–Crippen LogP) is 5.92. The van der Waals surface area contributed by atoms with Gasteiger partial charge in [-0.2, -0.15) is 0 Å². The first kappa shape index (κ1) is 22.9. The minimum Gasteiger partial charge on any atom is -0.494 e. The fourth-order valence-electron chi connectivity index (χ4n) is 3.72. The Hall–Kier alpha value is -2.82. The maximum atomic E-state index is 13.5. The van der Waals surface area contributed by atoms with E-state index in [1.807, 2.05) is 48.2 Å². The minimum atomic E-state index is 0.0244. The molecule has 1 amide bonds. The zero-order valence-electron chi connectivity index (χ0n) is 19.3. The van der Waals surface area contributed by atoms with Crippen LogP contribution >= 0.6 is 0 Å². The summed E-state index contributed by atoms with van der Waals surface area (Å²) in [4.78, 5) is 20.3. The van der Waals surface area contributed by atoms with Crippen LogP contribution in [0.4, 0.5) is 0 Å². The van der Waals surface area contributed by atoms with E-state index in [0.29, 0.717) is 31.2 Å². The second kappa shape index (κ2) is 11.0. The molecule has 0 fully saturated rings. The predicted molar refractivity (Wildman–Crippen MR) is 126 cm³/mol. The number of unbranched alkanes of at least 4 members (excludes halogenated alkanes) is 1. The second-order valence-electron chi connectivity index (χ2n) is 8.39. The van der Waals surface area contributed by atoms with Crippen molar-refractivity contribution in [1.29, 1.82) is 0 Å². The first-order valence-electron chi connectivity index (χ1n) is 11.5. The van der Waals surface area contributed by atoms with Crippen LogP contribution < -0.4 is 4.74 Å². The van der Waals surface area contributed by atoms with Crippen molar-refractivity contribution in [2.75, 3.05) is 13.2 Å². The van der Waals surface area contributed by atoms with E-state index in [2.05, 4.69) is 37.5 Å². The van der Waals surface area contributed by atoms with Gasteiger partial charge in [0.15, 0.2) is 0 Å². The van der Waals surface area contributed by atoms with Crippen molar-refractivity contribution in [3.05, 3.63) is 59.9 Å². The molecule has 0 bridgehead atoms. The standard InChI is InChI=1S/C26H35N3O2/c1-5-7-16-29-24-14-9-8-13-23(24)27-25(29)19-28(17-15-20(3)4)26(30)21-11-10-12-22(18-21)31-6-2/h8-14,18,20H,5-7,15-17,19H2,1-4H3. The van der Waals surface area contributed by atoms with Gasteiger partial charge >= 0.3 is 0 Å². The van der Waals surface area contributed by atoms with Crippen molar-refractivity contribution in [3.63, 3.8) is 0 Å². The zero-order chi connectivity index (χ0) is 22.2. The van der Waals surface area contributed by atoms with E-state index < -0.39 is 0 Å². The quantitative estimate of drug-likeness (QED) is 0.386. The summed E-state index contributed by atoms with van der Waals surface area (Å²) in [6, 6.07) is 15.7. The fraction of sp³-hybridized carbons (Fsp3) is 0.462. The van der Waals surface area contributed by atoms with Crippen LogP contribution in [0.15, 0.2) is 48.5 Å². The number of fused-ring (bicyclic) bond motifs is 1.